The van der Waals surface area contributed by atoms with E-state index in [4.69, 9.17) is 14.9 Å². The molecule has 1 aromatic heterocycles. The summed E-state index contributed by atoms with van der Waals surface area (Å²) < 4.78 is 10.2. The SMILES string of the molecule is NC(=O)CC[C@@H](NC(=O)OCc1ccccc1)C(=O)Nc1cccc(NC(=O)c2ccco2)c1. The molecule has 34 heavy (non-hydrogen) atoms. The zero-order valence-corrected chi connectivity index (χ0v) is 18.2. The van der Waals surface area contributed by atoms with Crippen LogP contribution in [0.3, 0.4) is 0 Å². The number of amides is 4. The first-order valence-electron chi connectivity index (χ1n) is 10.4. The van der Waals surface area contributed by atoms with Crippen LogP contribution >= 0.6 is 0 Å². The van der Waals surface area contributed by atoms with Gasteiger partial charge in [0.1, 0.15) is 12.6 Å². The quantitative estimate of drug-likeness (QED) is 0.362. The van der Waals surface area contributed by atoms with Gasteiger partial charge in [0.2, 0.25) is 11.8 Å². The van der Waals surface area contributed by atoms with E-state index >= 15 is 0 Å². The average molecular weight is 464 g/mol. The van der Waals surface area contributed by atoms with Gasteiger partial charge >= 0.3 is 6.09 Å². The number of carbonyl (C=O) groups excluding carboxylic acids is 4. The highest BCUT2D eigenvalue weighted by molar-refractivity contribution is 6.03. The molecule has 0 saturated heterocycles. The zero-order valence-electron chi connectivity index (χ0n) is 18.2. The van der Waals surface area contributed by atoms with E-state index in [1.165, 1.54) is 18.4 Å². The van der Waals surface area contributed by atoms with E-state index in [-0.39, 0.29) is 25.2 Å². The summed E-state index contributed by atoms with van der Waals surface area (Å²) in [6.45, 7) is 0.0221. The molecule has 4 amide bonds. The highest BCUT2D eigenvalue weighted by Gasteiger charge is 2.22. The van der Waals surface area contributed by atoms with Gasteiger partial charge in [-0.25, -0.2) is 4.79 Å². The van der Waals surface area contributed by atoms with Crippen LogP contribution in [0.4, 0.5) is 16.2 Å². The molecular formula is C24H24N4O6. The highest BCUT2D eigenvalue weighted by atomic mass is 16.5. The Morgan fingerprint density at radius 3 is 2.32 bits per heavy atom. The van der Waals surface area contributed by atoms with Crippen molar-refractivity contribution in [3.8, 4) is 0 Å². The topological polar surface area (TPSA) is 153 Å². The van der Waals surface area contributed by atoms with E-state index < -0.39 is 29.9 Å². The van der Waals surface area contributed by atoms with E-state index in [1.54, 1.807) is 36.4 Å². The molecule has 176 valence electrons. The van der Waals surface area contributed by atoms with Crippen molar-refractivity contribution in [1.29, 1.82) is 0 Å². The van der Waals surface area contributed by atoms with Gasteiger partial charge in [0.05, 0.1) is 6.26 Å². The van der Waals surface area contributed by atoms with E-state index in [2.05, 4.69) is 16.0 Å². The van der Waals surface area contributed by atoms with Gasteiger partial charge < -0.3 is 30.8 Å². The van der Waals surface area contributed by atoms with Crippen LogP contribution in [0, 0.1) is 0 Å². The van der Waals surface area contributed by atoms with Crippen molar-refractivity contribution in [1.82, 2.24) is 5.32 Å². The summed E-state index contributed by atoms with van der Waals surface area (Å²) in [5, 5.41) is 7.78. The maximum absolute atomic E-state index is 12.8. The third-order valence-corrected chi connectivity index (χ3v) is 4.63. The Labute approximate surface area is 195 Å². The van der Waals surface area contributed by atoms with Crippen LogP contribution in [-0.4, -0.2) is 29.9 Å². The van der Waals surface area contributed by atoms with Crippen LogP contribution in [-0.2, 0) is 20.9 Å². The summed E-state index contributed by atoms with van der Waals surface area (Å²) in [6, 6.07) is 17.5. The van der Waals surface area contributed by atoms with Crippen molar-refractivity contribution in [2.75, 3.05) is 10.6 Å². The first kappa shape index (κ1) is 24.1. The van der Waals surface area contributed by atoms with Gasteiger partial charge in [-0.05, 0) is 42.3 Å². The summed E-state index contributed by atoms with van der Waals surface area (Å²) in [4.78, 5) is 48.4. The van der Waals surface area contributed by atoms with E-state index in [1.807, 2.05) is 18.2 Å². The van der Waals surface area contributed by atoms with Crippen molar-refractivity contribution in [3.05, 3.63) is 84.3 Å². The molecule has 0 spiro atoms. The van der Waals surface area contributed by atoms with E-state index in [0.717, 1.165) is 5.56 Å². The monoisotopic (exact) mass is 464 g/mol. The second kappa shape index (κ2) is 11.9. The minimum atomic E-state index is -1.07. The molecule has 0 radical (unpaired) electrons. The number of nitrogens with one attached hydrogen (secondary N) is 3. The van der Waals surface area contributed by atoms with E-state index in [9.17, 15) is 19.2 Å². The molecule has 1 atom stereocenters. The summed E-state index contributed by atoms with van der Waals surface area (Å²) in [5.74, 6) is -1.50. The van der Waals surface area contributed by atoms with Crippen molar-refractivity contribution in [2.24, 2.45) is 5.73 Å². The number of carbonyl (C=O) groups is 4. The Balaban J connectivity index is 1.61. The van der Waals surface area contributed by atoms with Gasteiger partial charge in [-0.2, -0.15) is 0 Å². The van der Waals surface area contributed by atoms with Gasteiger partial charge in [0.15, 0.2) is 5.76 Å². The van der Waals surface area contributed by atoms with Crippen molar-refractivity contribution < 1.29 is 28.3 Å². The summed E-state index contributed by atoms with van der Waals surface area (Å²) in [6.07, 6.45) is 0.440. The number of hydrogen-bond acceptors (Lipinski definition) is 6. The average Bonchev–Trinajstić information content (AvgIpc) is 3.36. The molecule has 3 rings (SSSR count). The predicted molar refractivity (Wildman–Crippen MR) is 124 cm³/mol. The zero-order chi connectivity index (χ0) is 24.3. The lowest BCUT2D eigenvalue weighted by molar-refractivity contribution is -0.119. The number of primary amides is 1. The van der Waals surface area contributed by atoms with Crippen LogP contribution in [0.15, 0.2) is 77.4 Å². The number of nitrogens with two attached hydrogens (primary N) is 1. The Morgan fingerprint density at radius 2 is 1.65 bits per heavy atom. The van der Waals surface area contributed by atoms with Gasteiger partial charge in [-0.3, -0.25) is 14.4 Å². The van der Waals surface area contributed by atoms with Gasteiger partial charge in [0.25, 0.3) is 5.91 Å². The maximum Gasteiger partial charge on any atom is 0.408 e. The smallest absolute Gasteiger partial charge is 0.408 e. The fourth-order valence-corrected chi connectivity index (χ4v) is 2.97. The lowest BCUT2D eigenvalue weighted by Crippen LogP contribution is -2.44. The third-order valence-electron chi connectivity index (χ3n) is 4.63. The summed E-state index contributed by atoms with van der Waals surface area (Å²) in [5.41, 5.74) is 6.77. The second-order valence-electron chi connectivity index (χ2n) is 7.27. The molecule has 5 N–H and O–H groups in total. The second-order valence-corrected chi connectivity index (χ2v) is 7.27. The number of benzene rings is 2. The lowest BCUT2D eigenvalue weighted by Gasteiger charge is -2.18. The van der Waals surface area contributed by atoms with Crippen LogP contribution in [0.5, 0.6) is 0 Å². The van der Waals surface area contributed by atoms with Crippen molar-refractivity contribution in [2.45, 2.75) is 25.5 Å². The Morgan fingerprint density at radius 1 is 0.912 bits per heavy atom. The van der Waals surface area contributed by atoms with Gasteiger partial charge in [-0.15, -0.1) is 0 Å². The molecule has 10 heteroatoms. The minimum absolute atomic E-state index is 0.0173. The summed E-state index contributed by atoms with van der Waals surface area (Å²) in [7, 11) is 0. The molecule has 10 nitrogen and oxygen atoms in total. The molecule has 3 aromatic rings. The normalized spacial score (nSPS) is 11.2. The van der Waals surface area contributed by atoms with Gasteiger partial charge in [0, 0.05) is 17.8 Å². The Kier molecular flexibility index (Phi) is 8.39. The molecule has 0 aliphatic carbocycles. The molecule has 2 aromatic carbocycles. The first-order chi connectivity index (χ1) is 16.4. The summed E-state index contributed by atoms with van der Waals surface area (Å²) >= 11 is 0. The van der Waals surface area contributed by atoms with Gasteiger partial charge in [-0.1, -0.05) is 36.4 Å². The minimum Gasteiger partial charge on any atom is -0.459 e. The first-order valence-corrected chi connectivity index (χ1v) is 10.4. The number of alkyl carbamates (subject to hydrolysis) is 1. The molecule has 0 saturated carbocycles. The van der Waals surface area contributed by atoms with E-state index in [0.29, 0.717) is 11.4 Å². The number of hydrogen-bond donors (Lipinski definition) is 4. The van der Waals surface area contributed by atoms with Crippen LogP contribution < -0.4 is 21.7 Å². The Hall–Kier alpha value is -4.60. The van der Waals surface area contributed by atoms with Crippen molar-refractivity contribution >= 4 is 35.2 Å². The molecule has 0 fully saturated rings. The standard InChI is InChI=1S/C24H24N4O6/c25-21(29)12-11-19(28-24(32)34-15-16-6-2-1-3-7-16)22(30)26-17-8-4-9-18(14-17)27-23(31)20-10-5-13-33-20/h1-10,13-14,19H,11-12,15H2,(H2,25,29)(H,26,30)(H,27,31)(H,28,32)/t19-/m1/s1. The third kappa shape index (κ3) is 7.52. The molecule has 0 aliphatic heterocycles. The van der Waals surface area contributed by atoms with Crippen LogP contribution in [0.25, 0.3) is 0 Å². The maximum atomic E-state index is 12.8. The molecule has 0 bridgehead atoms. The number of furan rings is 1. The molecular weight excluding hydrogens is 440 g/mol. The Bertz CT molecular complexity index is 1130. The fraction of sp³-hybridized carbons (Fsp3) is 0.167. The molecule has 0 aliphatic rings. The molecule has 0 unspecified atom stereocenters. The number of anilines is 2. The highest BCUT2D eigenvalue weighted by Crippen LogP contribution is 2.17. The lowest BCUT2D eigenvalue weighted by atomic mass is 10.1. The molecule has 1 heterocycles. The van der Waals surface area contributed by atoms with Crippen LogP contribution in [0.1, 0.15) is 29.0 Å². The fourth-order valence-electron chi connectivity index (χ4n) is 2.97. The largest absolute Gasteiger partial charge is 0.459 e. The van der Waals surface area contributed by atoms with Crippen LogP contribution in [0.2, 0.25) is 0 Å². The number of ether oxygens (including phenoxy) is 1. The number of rotatable bonds is 10. The van der Waals surface area contributed by atoms with Crippen molar-refractivity contribution in [3.63, 3.8) is 0 Å². The predicted octanol–water partition coefficient (Wildman–Crippen LogP) is 3.03.